The number of anilines is 2. The Labute approximate surface area is 169 Å². The van der Waals surface area contributed by atoms with Crippen molar-refractivity contribution in [3.8, 4) is 0 Å². The Morgan fingerprint density at radius 2 is 1.97 bits per heavy atom. The molecule has 2 aromatic rings. The Kier molecular flexibility index (Phi) is 5.16. The summed E-state index contributed by atoms with van der Waals surface area (Å²) in [4.78, 5) is 40.2. The fraction of sp³-hybridized carbons (Fsp3) is 0.261. The summed E-state index contributed by atoms with van der Waals surface area (Å²) >= 11 is 0. The lowest BCUT2D eigenvalue weighted by molar-refractivity contribution is -0.129. The van der Waals surface area contributed by atoms with Crippen molar-refractivity contribution in [2.24, 2.45) is 0 Å². The SMILES string of the molecule is CC(=O)N1C=Cc2ccccc2[C@H]1CC(=O)Nc1cccc(N2CCCC2=O)c1. The van der Waals surface area contributed by atoms with Crippen molar-refractivity contribution >= 4 is 35.2 Å². The number of fused-ring (bicyclic) bond motifs is 1. The zero-order valence-electron chi connectivity index (χ0n) is 16.3. The molecule has 0 radical (unpaired) electrons. The first-order valence-electron chi connectivity index (χ1n) is 9.79. The van der Waals surface area contributed by atoms with E-state index in [1.165, 1.54) is 6.92 Å². The first kappa shape index (κ1) is 18.9. The van der Waals surface area contributed by atoms with Crippen molar-refractivity contribution in [2.45, 2.75) is 32.2 Å². The quantitative estimate of drug-likeness (QED) is 0.867. The van der Waals surface area contributed by atoms with E-state index >= 15 is 0 Å². The Hall–Kier alpha value is -3.41. The van der Waals surface area contributed by atoms with Gasteiger partial charge in [0, 0.05) is 37.5 Å². The molecule has 4 rings (SSSR count). The molecule has 0 bridgehead atoms. The lowest BCUT2D eigenvalue weighted by Crippen LogP contribution is -2.33. The number of benzene rings is 2. The van der Waals surface area contributed by atoms with E-state index in [1.807, 2.05) is 48.5 Å². The van der Waals surface area contributed by atoms with Gasteiger partial charge in [-0.2, -0.15) is 0 Å². The molecule has 0 saturated carbocycles. The van der Waals surface area contributed by atoms with Gasteiger partial charge < -0.3 is 15.1 Å². The van der Waals surface area contributed by atoms with E-state index in [2.05, 4.69) is 5.32 Å². The van der Waals surface area contributed by atoms with Crippen molar-refractivity contribution in [3.63, 3.8) is 0 Å². The van der Waals surface area contributed by atoms with Crippen molar-refractivity contribution in [3.05, 3.63) is 65.9 Å². The maximum Gasteiger partial charge on any atom is 0.227 e. The highest BCUT2D eigenvalue weighted by atomic mass is 16.2. The predicted octanol–water partition coefficient (Wildman–Crippen LogP) is 3.72. The molecule has 0 unspecified atom stereocenters. The van der Waals surface area contributed by atoms with Gasteiger partial charge in [-0.3, -0.25) is 14.4 Å². The molecule has 0 aliphatic carbocycles. The fourth-order valence-electron chi connectivity index (χ4n) is 3.97. The first-order valence-corrected chi connectivity index (χ1v) is 9.79. The molecule has 0 aromatic heterocycles. The number of rotatable bonds is 4. The topological polar surface area (TPSA) is 69.7 Å². The van der Waals surface area contributed by atoms with Crippen LogP contribution in [0.15, 0.2) is 54.7 Å². The molecule has 1 atom stereocenters. The number of hydrogen-bond donors (Lipinski definition) is 1. The van der Waals surface area contributed by atoms with Crippen molar-refractivity contribution in [1.82, 2.24) is 4.90 Å². The molecule has 2 aliphatic heterocycles. The van der Waals surface area contributed by atoms with Crippen LogP contribution in [0, 0.1) is 0 Å². The van der Waals surface area contributed by atoms with Crippen LogP contribution in [0.4, 0.5) is 11.4 Å². The fourth-order valence-corrected chi connectivity index (χ4v) is 3.97. The zero-order valence-corrected chi connectivity index (χ0v) is 16.3. The third-order valence-electron chi connectivity index (χ3n) is 5.36. The van der Waals surface area contributed by atoms with Crippen LogP contribution in [0.1, 0.15) is 43.4 Å². The van der Waals surface area contributed by atoms with Crippen LogP contribution in [0.2, 0.25) is 0 Å². The normalized spacial score (nSPS) is 18.0. The zero-order chi connectivity index (χ0) is 20.4. The Balaban J connectivity index is 1.51. The second-order valence-electron chi connectivity index (χ2n) is 7.34. The second kappa shape index (κ2) is 7.91. The second-order valence-corrected chi connectivity index (χ2v) is 7.34. The largest absolute Gasteiger partial charge is 0.326 e. The van der Waals surface area contributed by atoms with Gasteiger partial charge >= 0.3 is 0 Å². The minimum absolute atomic E-state index is 0.108. The van der Waals surface area contributed by atoms with E-state index in [-0.39, 0.29) is 30.2 Å². The number of hydrogen-bond acceptors (Lipinski definition) is 3. The maximum absolute atomic E-state index is 12.8. The van der Waals surface area contributed by atoms with Crippen LogP contribution in [0.3, 0.4) is 0 Å². The average Bonchev–Trinajstić information content (AvgIpc) is 3.14. The van der Waals surface area contributed by atoms with Crippen LogP contribution in [0.5, 0.6) is 0 Å². The van der Waals surface area contributed by atoms with Gasteiger partial charge in [-0.1, -0.05) is 30.3 Å². The third kappa shape index (κ3) is 3.92. The predicted molar refractivity (Wildman–Crippen MR) is 112 cm³/mol. The molecule has 2 aliphatic rings. The van der Waals surface area contributed by atoms with Crippen LogP contribution in [0.25, 0.3) is 6.08 Å². The van der Waals surface area contributed by atoms with E-state index in [4.69, 9.17) is 0 Å². The molecular formula is C23H23N3O3. The summed E-state index contributed by atoms with van der Waals surface area (Å²) in [5, 5.41) is 2.92. The first-order chi connectivity index (χ1) is 14.0. The highest BCUT2D eigenvalue weighted by Gasteiger charge is 2.28. The number of nitrogens with one attached hydrogen (secondary N) is 1. The molecule has 0 spiro atoms. The monoisotopic (exact) mass is 389 g/mol. The van der Waals surface area contributed by atoms with Crippen LogP contribution < -0.4 is 10.2 Å². The lowest BCUT2D eigenvalue weighted by Gasteiger charge is -2.32. The summed E-state index contributed by atoms with van der Waals surface area (Å²) in [7, 11) is 0. The highest BCUT2D eigenvalue weighted by Crippen LogP contribution is 2.33. The van der Waals surface area contributed by atoms with Gasteiger partial charge in [0.1, 0.15) is 0 Å². The van der Waals surface area contributed by atoms with Gasteiger partial charge in [0.15, 0.2) is 0 Å². The molecule has 2 aromatic carbocycles. The van der Waals surface area contributed by atoms with E-state index in [9.17, 15) is 14.4 Å². The Bertz CT molecular complexity index is 998. The molecule has 3 amide bonds. The lowest BCUT2D eigenvalue weighted by atomic mass is 9.93. The Morgan fingerprint density at radius 3 is 2.72 bits per heavy atom. The summed E-state index contributed by atoms with van der Waals surface area (Å²) in [6.07, 6.45) is 5.19. The number of carbonyl (C=O) groups excluding carboxylic acids is 3. The van der Waals surface area contributed by atoms with Crippen molar-refractivity contribution in [1.29, 1.82) is 0 Å². The third-order valence-corrected chi connectivity index (χ3v) is 5.36. The summed E-state index contributed by atoms with van der Waals surface area (Å²) < 4.78 is 0. The smallest absolute Gasteiger partial charge is 0.227 e. The van der Waals surface area contributed by atoms with Gasteiger partial charge in [-0.15, -0.1) is 0 Å². The number of carbonyl (C=O) groups is 3. The van der Waals surface area contributed by atoms with Crippen molar-refractivity contribution < 1.29 is 14.4 Å². The summed E-state index contributed by atoms with van der Waals surface area (Å²) in [6, 6.07) is 14.8. The molecule has 148 valence electrons. The van der Waals surface area contributed by atoms with E-state index < -0.39 is 0 Å². The van der Waals surface area contributed by atoms with Crippen molar-refractivity contribution in [2.75, 3.05) is 16.8 Å². The van der Waals surface area contributed by atoms with Crippen LogP contribution in [-0.4, -0.2) is 29.2 Å². The minimum Gasteiger partial charge on any atom is -0.326 e. The Morgan fingerprint density at radius 1 is 1.14 bits per heavy atom. The number of nitrogens with zero attached hydrogens (tertiary/aromatic N) is 2. The molecule has 6 nitrogen and oxygen atoms in total. The molecule has 2 heterocycles. The number of amides is 3. The maximum atomic E-state index is 12.8. The summed E-state index contributed by atoms with van der Waals surface area (Å²) in [5.74, 6) is -0.185. The summed E-state index contributed by atoms with van der Waals surface area (Å²) in [5.41, 5.74) is 3.40. The van der Waals surface area contributed by atoms with Gasteiger partial charge in [0.2, 0.25) is 17.7 Å². The van der Waals surface area contributed by atoms with E-state index in [0.717, 1.165) is 23.2 Å². The highest BCUT2D eigenvalue weighted by molar-refractivity contribution is 5.97. The van der Waals surface area contributed by atoms with Gasteiger partial charge in [0.05, 0.1) is 12.5 Å². The molecular weight excluding hydrogens is 366 g/mol. The standard InChI is InChI=1S/C23H23N3O3/c1-16(27)25-13-11-17-6-2-3-9-20(17)21(25)15-22(28)24-18-7-4-8-19(14-18)26-12-5-10-23(26)29/h2-4,6-9,11,13-14,21H,5,10,12,15H2,1H3,(H,24,28)/t21-/m1/s1. The molecule has 1 N–H and O–H groups in total. The summed E-state index contributed by atoms with van der Waals surface area (Å²) in [6.45, 7) is 2.20. The minimum atomic E-state index is -0.350. The van der Waals surface area contributed by atoms with E-state index in [0.29, 0.717) is 18.7 Å². The van der Waals surface area contributed by atoms with Crippen LogP contribution >= 0.6 is 0 Å². The molecule has 1 fully saturated rings. The van der Waals surface area contributed by atoms with Gasteiger partial charge in [-0.05, 0) is 41.8 Å². The van der Waals surface area contributed by atoms with Crippen LogP contribution in [-0.2, 0) is 14.4 Å². The molecule has 6 heteroatoms. The molecule has 29 heavy (non-hydrogen) atoms. The van der Waals surface area contributed by atoms with Gasteiger partial charge in [-0.25, -0.2) is 0 Å². The average molecular weight is 389 g/mol. The molecule has 1 saturated heterocycles. The van der Waals surface area contributed by atoms with E-state index in [1.54, 1.807) is 22.1 Å². The van der Waals surface area contributed by atoms with Gasteiger partial charge in [0.25, 0.3) is 0 Å².